The molecule has 1 rings (SSSR count). The van der Waals surface area contributed by atoms with Crippen LogP contribution < -0.4 is 0 Å². The van der Waals surface area contributed by atoms with Gasteiger partial charge in [0.15, 0.2) is 0 Å². The molecule has 0 amide bonds. The molecule has 0 fully saturated rings. The van der Waals surface area contributed by atoms with Gasteiger partial charge in [0.05, 0.1) is 6.61 Å². The van der Waals surface area contributed by atoms with Gasteiger partial charge in [0.2, 0.25) is 0 Å². The summed E-state index contributed by atoms with van der Waals surface area (Å²) in [5.41, 5.74) is 3.01. The number of unbranched alkanes of at least 4 members (excludes halogenated alkanes) is 2. The number of benzene rings is 1. The molecule has 0 heterocycles. The van der Waals surface area contributed by atoms with Crippen molar-refractivity contribution in [1.29, 1.82) is 0 Å². The standard InChI is InChI=1S/C17H26O2/c1-14(18)19-12-7-5-6-9-15-10-8-11-16(13-15)17(2,3)4/h8,10-11,13H,5-7,9,12H2,1-4H3. The minimum atomic E-state index is -0.183. The lowest BCUT2D eigenvalue weighted by Gasteiger charge is -2.19. The summed E-state index contributed by atoms with van der Waals surface area (Å²) in [5, 5.41) is 0. The average Bonchev–Trinajstić information content (AvgIpc) is 2.32. The molecule has 0 radical (unpaired) electrons. The summed E-state index contributed by atoms with van der Waals surface area (Å²) in [4.78, 5) is 10.6. The van der Waals surface area contributed by atoms with Gasteiger partial charge in [-0.05, 0) is 42.2 Å². The fourth-order valence-electron chi connectivity index (χ4n) is 2.02. The van der Waals surface area contributed by atoms with Crippen molar-refractivity contribution >= 4 is 5.97 Å². The van der Waals surface area contributed by atoms with Crippen LogP contribution in [0.25, 0.3) is 0 Å². The van der Waals surface area contributed by atoms with Gasteiger partial charge >= 0.3 is 5.97 Å². The minimum absolute atomic E-state index is 0.183. The van der Waals surface area contributed by atoms with Gasteiger partial charge in [0.1, 0.15) is 0 Å². The molecule has 0 aromatic heterocycles. The van der Waals surface area contributed by atoms with Crippen LogP contribution in [-0.2, 0) is 21.4 Å². The number of aryl methyl sites for hydroxylation is 1. The fraction of sp³-hybridized carbons (Fsp3) is 0.588. The van der Waals surface area contributed by atoms with Crippen molar-refractivity contribution in [2.24, 2.45) is 0 Å². The second-order valence-electron chi connectivity index (χ2n) is 6.10. The van der Waals surface area contributed by atoms with Crippen LogP contribution in [0.5, 0.6) is 0 Å². The second-order valence-corrected chi connectivity index (χ2v) is 6.10. The Kier molecular flexibility index (Phi) is 6.07. The van der Waals surface area contributed by atoms with Crippen molar-refractivity contribution in [3.05, 3.63) is 35.4 Å². The third-order valence-electron chi connectivity index (χ3n) is 3.21. The number of rotatable bonds is 6. The summed E-state index contributed by atoms with van der Waals surface area (Å²) >= 11 is 0. The lowest BCUT2D eigenvalue weighted by Crippen LogP contribution is -2.11. The van der Waals surface area contributed by atoms with Crippen molar-refractivity contribution in [1.82, 2.24) is 0 Å². The first-order chi connectivity index (χ1) is 8.89. The quantitative estimate of drug-likeness (QED) is 0.565. The van der Waals surface area contributed by atoms with E-state index in [2.05, 4.69) is 45.0 Å². The Morgan fingerprint density at radius 3 is 2.53 bits per heavy atom. The van der Waals surface area contributed by atoms with Crippen molar-refractivity contribution in [2.75, 3.05) is 6.61 Å². The number of carbonyl (C=O) groups excluding carboxylic acids is 1. The zero-order valence-corrected chi connectivity index (χ0v) is 12.7. The monoisotopic (exact) mass is 262 g/mol. The number of esters is 1. The number of hydrogen-bond donors (Lipinski definition) is 0. The predicted octanol–water partition coefficient (Wildman–Crippen LogP) is 4.26. The van der Waals surface area contributed by atoms with Crippen LogP contribution in [-0.4, -0.2) is 12.6 Å². The Bertz CT molecular complexity index is 402. The maximum absolute atomic E-state index is 10.6. The molecule has 0 N–H and O–H groups in total. The number of hydrogen-bond acceptors (Lipinski definition) is 2. The van der Waals surface area contributed by atoms with Gasteiger partial charge in [0.25, 0.3) is 0 Å². The molecule has 0 unspecified atom stereocenters. The third-order valence-corrected chi connectivity index (χ3v) is 3.21. The third kappa shape index (κ3) is 6.42. The van der Waals surface area contributed by atoms with Crippen molar-refractivity contribution in [3.63, 3.8) is 0 Å². The van der Waals surface area contributed by atoms with Crippen LogP contribution >= 0.6 is 0 Å². The summed E-state index contributed by atoms with van der Waals surface area (Å²) in [7, 11) is 0. The lowest BCUT2D eigenvalue weighted by atomic mass is 9.86. The van der Waals surface area contributed by atoms with E-state index in [1.165, 1.54) is 18.1 Å². The Morgan fingerprint density at radius 2 is 1.89 bits per heavy atom. The van der Waals surface area contributed by atoms with Crippen LogP contribution in [0, 0.1) is 0 Å². The molecule has 1 aromatic carbocycles. The van der Waals surface area contributed by atoms with Gasteiger partial charge in [-0.2, -0.15) is 0 Å². The minimum Gasteiger partial charge on any atom is -0.466 e. The first-order valence-electron chi connectivity index (χ1n) is 7.12. The van der Waals surface area contributed by atoms with E-state index in [4.69, 9.17) is 4.74 Å². The van der Waals surface area contributed by atoms with E-state index in [-0.39, 0.29) is 11.4 Å². The topological polar surface area (TPSA) is 26.3 Å². The van der Waals surface area contributed by atoms with Gasteiger partial charge in [0, 0.05) is 6.92 Å². The molecule has 2 heteroatoms. The summed E-state index contributed by atoms with van der Waals surface area (Å²) in [6.07, 6.45) is 4.31. The smallest absolute Gasteiger partial charge is 0.302 e. The average molecular weight is 262 g/mol. The largest absolute Gasteiger partial charge is 0.466 e. The van der Waals surface area contributed by atoms with Crippen LogP contribution in [0.4, 0.5) is 0 Å². The van der Waals surface area contributed by atoms with Crippen LogP contribution in [0.15, 0.2) is 24.3 Å². The fourth-order valence-corrected chi connectivity index (χ4v) is 2.02. The highest BCUT2D eigenvalue weighted by molar-refractivity contribution is 5.65. The molecule has 1 aromatic rings. The second kappa shape index (κ2) is 7.32. The Labute approximate surface area is 117 Å². The molecule has 0 bridgehead atoms. The lowest BCUT2D eigenvalue weighted by molar-refractivity contribution is -0.141. The van der Waals surface area contributed by atoms with Crippen LogP contribution in [0.2, 0.25) is 0 Å². The molecular formula is C17H26O2. The molecule has 0 aliphatic carbocycles. The molecular weight excluding hydrogens is 236 g/mol. The molecule has 2 nitrogen and oxygen atoms in total. The maximum Gasteiger partial charge on any atom is 0.302 e. The SMILES string of the molecule is CC(=O)OCCCCCc1cccc(C(C)(C)C)c1. The van der Waals surface area contributed by atoms with Crippen molar-refractivity contribution in [2.45, 2.75) is 58.8 Å². The zero-order chi connectivity index (χ0) is 14.3. The molecule has 0 saturated carbocycles. The first-order valence-corrected chi connectivity index (χ1v) is 7.12. The van der Waals surface area contributed by atoms with Gasteiger partial charge in [-0.1, -0.05) is 45.0 Å². The van der Waals surface area contributed by atoms with Crippen molar-refractivity contribution in [3.8, 4) is 0 Å². The summed E-state index contributed by atoms with van der Waals surface area (Å²) in [6, 6.07) is 8.85. The van der Waals surface area contributed by atoms with Gasteiger partial charge < -0.3 is 4.74 Å². The summed E-state index contributed by atoms with van der Waals surface area (Å²) in [6.45, 7) is 8.73. The first kappa shape index (κ1) is 15.7. The Morgan fingerprint density at radius 1 is 1.16 bits per heavy atom. The molecule has 106 valence electrons. The highest BCUT2D eigenvalue weighted by Gasteiger charge is 2.13. The van der Waals surface area contributed by atoms with E-state index in [0.29, 0.717) is 6.61 Å². The number of ether oxygens (including phenoxy) is 1. The highest BCUT2D eigenvalue weighted by atomic mass is 16.5. The molecule has 19 heavy (non-hydrogen) atoms. The zero-order valence-electron chi connectivity index (χ0n) is 12.7. The van der Waals surface area contributed by atoms with Gasteiger partial charge in [-0.25, -0.2) is 0 Å². The molecule has 0 spiro atoms. The summed E-state index contributed by atoms with van der Waals surface area (Å²) < 4.78 is 4.92. The van der Waals surface area contributed by atoms with Crippen molar-refractivity contribution < 1.29 is 9.53 Å². The maximum atomic E-state index is 10.6. The highest BCUT2D eigenvalue weighted by Crippen LogP contribution is 2.23. The van der Waals surface area contributed by atoms with Gasteiger partial charge in [-0.15, -0.1) is 0 Å². The van der Waals surface area contributed by atoms with E-state index in [9.17, 15) is 4.79 Å². The van der Waals surface area contributed by atoms with Gasteiger partial charge in [-0.3, -0.25) is 4.79 Å². The van der Waals surface area contributed by atoms with E-state index >= 15 is 0 Å². The summed E-state index contributed by atoms with van der Waals surface area (Å²) in [5.74, 6) is -0.183. The van der Waals surface area contributed by atoms with Crippen LogP contribution in [0.1, 0.15) is 58.1 Å². The van der Waals surface area contributed by atoms with E-state index < -0.39 is 0 Å². The molecule has 0 atom stereocenters. The molecule has 0 aliphatic rings. The predicted molar refractivity (Wildman–Crippen MR) is 79.3 cm³/mol. The van der Waals surface area contributed by atoms with E-state index in [0.717, 1.165) is 25.7 Å². The van der Waals surface area contributed by atoms with E-state index in [1.807, 2.05) is 0 Å². The Hall–Kier alpha value is -1.31. The van der Waals surface area contributed by atoms with E-state index in [1.54, 1.807) is 0 Å². The molecule has 0 aliphatic heterocycles. The van der Waals surface area contributed by atoms with Crippen LogP contribution in [0.3, 0.4) is 0 Å². The number of carbonyl (C=O) groups is 1. The molecule has 0 saturated heterocycles. The normalized spacial score (nSPS) is 11.4. The Balaban J connectivity index is 2.32.